The predicted molar refractivity (Wildman–Crippen MR) is 67.8 cm³/mol. The Hall–Kier alpha value is -1.26. The highest BCUT2D eigenvalue weighted by Gasteiger charge is 2.09. The number of carboxylic acid groups (broad SMARTS) is 1. The predicted octanol–water partition coefficient (Wildman–Crippen LogP) is 2.61. The molecular formula is C12H16ClNO3. The molecule has 0 spiro atoms. The summed E-state index contributed by atoms with van der Waals surface area (Å²) < 4.78 is 0. The summed E-state index contributed by atoms with van der Waals surface area (Å²) in [5, 5.41) is 21.6. The molecule has 1 aromatic carbocycles. The number of rotatable bonds is 6. The fourth-order valence-corrected chi connectivity index (χ4v) is 1.64. The Bertz CT molecular complexity index is 393. The monoisotopic (exact) mass is 257 g/mol. The molecule has 0 saturated carbocycles. The second-order valence-electron chi connectivity index (χ2n) is 3.91. The number of carboxylic acids is 1. The number of aliphatic hydroxyl groups is 1. The second kappa shape index (κ2) is 6.47. The van der Waals surface area contributed by atoms with Crippen LogP contribution in [0, 0.1) is 0 Å². The highest BCUT2D eigenvalue weighted by atomic mass is 35.5. The van der Waals surface area contributed by atoms with Gasteiger partial charge in [-0.05, 0) is 38.0 Å². The molecule has 1 rings (SSSR count). The van der Waals surface area contributed by atoms with Crippen molar-refractivity contribution in [3.63, 3.8) is 0 Å². The SMILES string of the molecule is CC(O)CCCNc1cc(Cl)ccc1C(=O)O. The number of anilines is 1. The number of hydrogen-bond acceptors (Lipinski definition) is 3. The van der Waals surface area contributed by atoms with Crippen LogP contribution in [-0.2, 0) is 0 Å². The third-order valence-corrected chi connectivity index (χ3v) is 2.56. The van der Waals surface area contributed by atoms with Gasteiger partial charge in [-0.25, -0.2) is 4.79 Å². The Morgan fingerprint density at radius 3 is 2.82 bits per heavy atom. The van der Waals surface area contributed by atoms with Crippen molar-refractivity contribution in [1.29, 1.82) is 0 Å². The molecular weight excluding hydrogens is 242 g/mol. The molecule has 0 radical (unpaired) electrons. The van der Waals surface area contributed by atoms with Gasteiger partial charge in [0.1, 0.15) is 0 Å². The van der Waals surface area contributed by atoms with Gasteiger partial charge in [-0.2, -0.15) is 0 Å². The minimum absolute atomic E-state index is 0.200. The molecule has 0 bridgehead atoms. The van der Waals surface area contributed by atoms with Crippen LogP contribution in [0.4, 0.5) is 5.69 Å². The van der Waals surface area contributed by atoms with E-state index in [0.29, 0.717) is 23.7 Å². The number of halogens is 1. The number of aliphatic hydroxyl groups excluding tert-OH is 1. The van der Waals surface area contributed by atoms with Crippen molar-refractivity contribution in [3.8, 4) is 0 Å². The fraction of sp³-hybridized carbons (Fsp3) is 0.417. The number of carbonyl (C=O) groups is 1. The molecule has 94 valence electrons. The van der Waals surface area contributed by atoms with E-state index in [-0.39, 0.29) is 11.7 Å². The molecule has 0 amide bonds. The number of nitrogens with one attached hydrogen (secondary N) is 1. The van der Waals surface area contributed by atoms with E-state index in [4.69, 9.17) is 21.8 Å². The average Bonchev–Trinajstić information content (AvgIpc) is 2.23. The molecule has 3 N–H and O–H groups in total. The van der Waals surface area contributed by atoms with Crippen molar-refractivity contribution in [2.24, 2.45) is 0 Å². The van der Waals surface area contributed by atoms with Crippen LogP contribution in [0.3, 0.4) is 0 Å². The Morgan fingerprint density at radius 1 is 1.53 bits per heavy atom. The van der Waals surface area contributed by atoms with Gasteiger partial charge < -0.3 is 15.5 Å². The van der Waals surface area contributed by atoms with Crippen molar-refractivity contribution in [2.75, 3.05) is 11.9 Å². The third-order valence-electron chi connectivity index (χ3n) is 2.33. The maximum absolute atomic E-state index is 11.0. The number of hydrogen-bond donors (Lipinski definition) is 3. The molecule has 0 fully saturated rings. The largest absolute Gasteiger partial charge is 0.478 e. The van der Waals surface area contributed by atoms with Crippen molar-refractivity contribution < 1.29 is 15.0 Å². The summed E-state index contributed by atoms with van der Waals surface area (Å²) in [6.07, 6.45) is 1.11. The molecule has 0 aliphatic heterocycles. The van der Waals surface area contributed by atoms with Crippen LogP contribution in [0.1, 0.15) is 30.1 Å². The van der Waals surface area contributed by atoms with Gasteiger partial charge in [-0.3, -0.25) is 0 Å². The van der Waals surface area contributed by atoms with Crippen LogP contribution < -0.4 is 5.32 Å². The van der Waals surface area contributed by atoms with Gasteiger partial charge in [0.05, 0.1) is 17.4 Å². The lowest BCUT2D eigenvalue weighted by Gasteiger charge is -2.10. The van der Waals surface area contributed by atoms with Crippen LogP contribution >= 0.6 is 11.6 Å². The molecule has 17 heavy (non-hydrogen) atoms. The van der Waals surface area contributed by atoms with E-state index in [0.717, 1.165) is 6.42 Å². The second-order valence-corrected chi connectivity index (χ2v) is 4.35. The summed E-state index contributed by atoms with van der Waals surface area (Å²) in [5.41, 5.74) is 0.710. The van der Waals surface area contributed by atoms with Crippen molar-refractivity contribution in [2.45, 2.75) is 25.9 Å². The molecule has 1 aromatic rings. The summed E-state index contributed by atoms with van der Waals surface area (Å²) in [6.45, 7) is 2.33. The van der Waals surface area contributed by atoms with Crippen LogP contribution in [0.2, 0.25) is 5.02 Å². The molecule has 0 saturated heterocycles. The van der Waals surface area contributed by atoms with Gasteiger partial charge in [0.2, 0.25) is 0 Å². The van der Waals surface area contributed by atoms with Gasteiger partial charge in [-0.15, -0.1) is 0 Å². The van der Waals surface area contributed by atoms with E-state index in [1.165, 1.54) is 6.07 Å². The van der Waals surface area contributed by atoms with Crippen molar-refractivity contribution in [3.05, 3.63) is 28.8 Å². The topological polar surface area (TPSA) is 69.6 Å². The van der Waals surface area contributed by atoms with Gasteiger partial charge in [0.15, 0.2) is 0 Å². The third kappa shape index (κ3) is 4.63. The summed E-state index contributed by atoms with van der Waals surface area (Å²) in [4.78, 5) is 11.0. The summed E-state index contributed by atoms with van der Waals surface area (Å²) in [5.74, 6) is -0.986. The van der Waals surface area contributed by atoms with Gasteiger partial charge >= 0.3 is 5.97 Å². The summed E-state index contributed by atoms with van der Waals surface area (Å²) in [6, 6.07) is 4.61. The molecule has 5 heteroatoms. The first-order valence-electron chi connectivity index (χ1n) is 5.45. The number of benzene rings is 1. The zero-order valence-corrected chi connectivity index (χ0v) is 10.4. The standard InChI is InChI=1S/C12H16ClNO3/c1-8(15)3-2-6-14-11-7-9(13)4-5-10(11)12(16)17/h4-5,7-8,14-15H,2-3,6H2,1H3,(H,16,17). The Kier molecular flexibility index (Phi) is 5.25. The lowest BCUT2D eigenvalue weighted by Crippen LogP contribution is -2.09. The first kappa shape index (κ1) is 13.8. The van der Waals surface area contributed by atoms with E-state index >= 15 is 0 Å². The maximum atomic E-state index is 11.0. The molecule has 0 aliphatic carbocycles. The zero-order chi connectivity index (χ0) is 12.8. The fourth-order valence-electron chi connectivity index (χ4n) is 1.47. The first-order chi connectivity index (χ1) is 8.00. The molecule has 1 unspecified atom stereocenters. The molecule has 4 nitrogen and oxygen atoms in total. The summed E-state index contributed by atoms with van der Waals surface area (Å²) in [7, 11) is 0. The smallest absolute Gasteiger partial charge is 0.337 e. The molecule has 1 atom stereocenters. The normalized spacial score (nSPS) is 12.2. The van der Waals surface area contributed by atoms with Crippen molar-refractivity contribution in [1.82, 2.24) is 0 Å². The van der Waals surface area contributed by atoms with Gasteiger partial charge in [-0.1, -0.05) is 11.6 Å². The van der Waals surface area contributed by atoms with Crippen LogP contribution in [0.5, 0.6) is 0 Å². The van der Waals surface area contributed by atoms with Crippen LogP contribution in [0.15, 0.2) is 18.2 Å². The zero-order valence-electron chi connectivity index (χ0n) is 9.61. The Balaban J connectivity index is 2.62. The lowest BCUT2D eigenvalue weighted by atomic mass is 10.1. The average molecular weight is 258 g/mol. The van der Waals surface area contributed by atoms with Crippen LogP contribution in [-0.4, -0.2) is 28.8 Å². The Labute approximate surface area is 105 Å². The molecule has 0 heterocycles. The van der Waals surface area contributed by atoms with Gasteiger partial charge in [0.25, 0.3) is 0 Å². The van der Waals surface area contributed by atoms with Crippen molar-refractivity contribution >= 4 is 23.3 Å². The Morgan fingerprint density at radius 2 is 2.24 bits per heavy atom. The van der Waals surface area contributed by atoms with Gasteiger partial charge in [0, 0.05) is 11.6 Å². The van der Waals surface area contributed by atoms with E-state index in [9.17, 15) is 4.79 Å². The van der Waals surface area contributed by atoms with E-state index in [1.807, 2.05) is 0 Å². The minimum Gasteiger partial charge on any atom is -0.478 e. The maximum Gasteiger partial charge on any atom is 0.337 e. The highest BCUT2D eigenvalue weighted by Crippen LogP contribution is 2.21. The first-order valence-corrected chi connectivity index (χ1v) is 5.83. The quantitative estimate of drug-likeness (QED) is 0.685. The lowest BCUT2D eigenvalue weighted by molar-refractivity contribution is 0.0698. The number of aromatic carboxylic acids is 1. The van der Waals surface area contributed by atoms with E-state index < -0.39 is 5.97 Å². The molecule has 0 aliphatic rings. The molecule has 0 aromatic heterocycles. The highest BCUT2D eigenvalue weighted by molar-refractivity contribution is 6.31. The van der Waals surface area contributed by atoms with E-state index in [1.54, 1.807) is 19.1 Å². The summed E-state index contributed by atoms with van der Waals surface area (Å²) >= 11 is 5.81. The van der Waals surface area contributed by atoms with Crippen LogP contribution in [0.25, 0.3) is 0 Å². The van der Waals surface area contributed by atoms with E-state index in [2.05, 4.69) is 5.32 Å². The minimum atomic E-state index is -0.986.